The van der Waals surface area contributed by atoms with Gasteiger partial charge in [0.15, 0.2) is 0 Å². The van der Waals surface area contributed by atoms with Gasteiger partial charge in [-0.15, -0.1) is 12.4 Å². The summed E-state index contributed by atoms with van der Waals surface area (Å²) in [5.41, 5.74) is 5.18. The summed E-state index contributed by atoms with van der Waals surface area (Å²) in [6.45, 7) is 1.33. The third kappa shape index (κ3) is 8.03. The standard InChI is InChI=1S/C6H15NO3.ClH/c1-9-5-6(4-8)10-3-2-7;/h6,8H,2-5,7H2,1H3;1H. The number of halogens is 1. The highest BCUT2D eigenvalue weighted by Crippen LogP contribution is 1.89. The highest BCUT2D eigenvalue weighted by Gasteiger charge is 2.04. The minimum atomic E-state index is -0.228. The Kier molecular flexibility index (Phi) is 12.6. The van der Waals surface area contributed by atoms with E-state index in [0.29, 0.717) is 19.8 Å². The normalized spacial score (nSPS) is 12.3. The van der Waals surface area contributed by atoms with E-state index in [1.807, 2.05) is 0 Å². The second-order valence-corrected chi connectivity index (χ2v) is 1.92. The van der Waals surface area contributed by atoms with Crippen molar-refractivity contribution in [2.45, 2.75) is 6.10 Å². The van der Waals surface area contributed by atoms with Gasteiger partial charge < -0.3 is 20.3 Å². The summed E-state index contributed by atoms with van der Waals surface area (Å²) in [6.07, 6.45) is -0.228. The predicted molar refractivity (Wildman–Crippen MR) is 45.0 cm³/mol. The van der Waals surface area contributed by atoms with Crippen LogP contribution in [0.5, 0.6) is 0 Å². The SMILES string of the molecule is COCC(CO)OCCN.Cl. The van der Waals surface area contributed by atoms with Gasteiger partial charge in [0.05, 0.1) is 19.8 Å². The first kappa shape index (κ1) is 13.7. The van der Waals surface area contributed by atoms with Crippen LogP contribution in [0.1, 0.15) is 0 Å². The molecule has 0 heterocycles. The van der Waals surface area contributed by atoms with Crippen LogP contribution in [0, 0.1) is 0 Å². The molecule has 0 saturated carbocycles. The number of ether oxygens (including phenoxy) is 2. The first-order chi connectivity index (χ1) is 4.85. The Balaban J connectivity index is 0. The maximum absolute atomic E-state index is 8.64. The van der Waals surface area contributed by atoms with E-state index in [-0.39, 0.29) is 25.1 Å². The third-order valence-corrected chi connectivity index (χ3v) is 1.03. The molecule has 1 unspecified atom stereocenters. The molecule has 0 aromatic carbocycles. The summed E-state index contributed by atoms with van der Waals surface area (Å²) in [7, 11) is 1.56. The first-order valence-electron chi connectivity index (χ1n) is 3.26. The van der Waals surface area contributed by atoms with Crippen LogP contribution in [-0.4, -0.2) is 44.7 Å². The van der Waals surface area contributed by atoms with Gasteiger partial charge in [0.25, 0.3) is 0 Å². The van der Waals surface area contributed by atoms with Crippen LogP contribution in [0.4, 0.5) is 0 Å². The van der Waals surface area contributed by atoms with Gasteiger partial charge in [-0.1, -0.05) is 0 Å². The van der Waals surface area contributed by atoms with Crippen LogP contribution < -0.4 is 5.73 Å². The summed E-state index contributed by atoms with van der Waals surface area (Å²) in [6, 6.07) is 0. The number of rotatable bonds is 6. The van der Waals surface area contributed by atoms with E-state index >= 15 is 0 Å². The maximum atomic E-state index is 8.64. The number of nitrogens with two attached hydrogens (primary N) is 1. The zero-order chi connectivity index (χ0) is 7.82. The van der Waals surface area contributed by atoms with Gasteiger partial charge >= 0.3 is 0 Å². The minimum absolute atomic E-state index is 0. The van der Waals surface area contributed by atoms with E-state index in [0.717, 1.165) is 0 Å². The average molecular weight is 186 g/mol. The van der Waals surface area contributed by atoms with Gasteiger partial charge in [-0.25, -0.2) is 0 Å². The molecule has 0 aromatic heterocycles. The molecule has 1 atom stereocenters. The second kappa shape index (κ2) is 10.1. The maximum Gasteiger partial charge on any atom is 0.104 e. The Morgan fingerprint density at radius 2 is 2.18 bits per heavy atom. The Morgan fingerprint density at radius 1 is 1.55 bits per heavy atom. The molecule has 0 aromatic rings. The number of hydrogen-bond acceptors (Lipinski definition) is 4. The largest absolute Gasteiger partial charge is 0.394 e. The molecule has 0 saturated heterocycles. The quantitative estimate of drug-likeness (QED) is 0.580. The summed E-state index contributed by atoms with van der Waals surface area (Å²) < 4.78 is 9.85. The molecular formula is C6H16ClNO3. The number of aliphatic hydroxyl groups excluding tert-OH is 1. The smallest absolute Gasteiger partial charge is 0.104 e. The van der Waals surface area contributed by atoms with Crippen molar-refractivity contribution in [3.05, 3.63) is 0 Å². The van der Waals surface area contributed by atoms with Crippen molar-refractivity contribution in [2.24, 2.45) is 5.73 Å². The number of hydrogen-bond donors (Lipinski definition) is 2. The molecule has 0 amide bonds. The van der Waals surface area contributed by atoms with Crippen LogP contribution in [0.15, 0.2) is 0 Å². The summed E-state index contributed by atoms with van der Waals surface area (Å²) in [5.74, 6) is 0. The minimum Gasteiger partial charge on any atom is -0.394 e. The molecule has 4 nitrogen and oxygen atoms in total. The Morgan fingerprint density at radius 3 is 2.55 bits per heavy atom. The monoisotopic (exact) mass is 185 g/mol. The van der Waals surface area contributed by atoms with E-state index in [2.05, 4.69) is 0 Å². The van der Waals surface area contributed by atoms with Gasteiger partial charge in [0, 0.05) is 13.7 Å². The average Bonchev–Trinajstić information content (AvgIpc) is 1.98. The lowest BCUT2D eigenvalue weighted by molar-refractivity contribution is -0.0279. The van der Waals surface area contributed by atoms with Crippen molar-refractivity contribution < 1.29 is 14.6 Å². The van der Waals surface area contributed by atoms with Gasteiger partial charge in [-0.3, -0.25) is 0 Å². The van der Waals surface area contributed by atoms with Crippen molar-refractivity contribution in [1.29, 1.82) is 0 Å². The van der Waals surface area contributed by atoms with Crippen molar-refractivity contribution >= 4 is 12.4 Å². The molecule has 0 radical (unpaired) electrons. The van der Waals surface area contributed by atoms with E-state index in [1.54, 1.807) is 7.11 Å². The van der Waals surface area contributed by atoms with Crippen LogP contribution in [-0.2, 0) is 9.47 Å². The molecule has 0 aliphatic rings. The zero-order valence-electron chi connectivity index (χ0n) is 6.66. The first-order valence-corrected chi connectivity index (χ1v) is 3.26. The van der Waals surface area contributed by atoms with Gasteiger partial charge in [0.1, 0.15) is 6.10 Å². The molecule has 0 rings (SSSR count). The van der Waals surface area contributed by atoms with Crippen LogP contribution >= 0.6 is 12.4 Å². The third-order valence-electron chi connectivity index (χ3n) is 1.03. The van der Waals surface area contributed by atoms with Gasteiger partial charge in [-0.05, 0) is 0 Å². The lowest BCUT2D eigenvalue weighted by atomic mass is 10.4. The second-order valence-electron chi connectivity index (χ2n) is 1.92. The zero-order valence-corrected chi connectivity index (χ0v) is 7.47. The van der Waals surface area contributed by atoms with E-state index in [1.165, 1.54) is 0 Å². The topological polar surface area (TPSA) is 64.7 Å². The lowest BCUT2D eigenvalue weighted by Crippen LogP contribution is -2.26. The predicted octanol–water partition coefficient (Wildman–Crippen LogP) is -0.609. The highest BCUT2D eigenvalue weighted by molar-refractivity contribution is 5.85. The van der Waals surface area contributed by atoms with Crippen molar-refractivity contribution in [3.63, 3.8) is 0 Å². The van der Waals surface area contributed by atoms with E-state index < -0.39 is 0 Å². The van der Waals surface area contributed by atoms with Crippen LogP contribution in [0.3, 0.4) is 0 Å². The summed E-state index contributed by atoms with van der Waals surface area (Å²) in [5, 5.41) is 8.64. The molecule has 0 fully saturated rings. The highest BCUT2D eigenvalue weighted by atomic mass is 35.5. The van der Waals surface area contributed by atoms with E-state index in [4.69, 9.17) is 20.3 Å². The van der Waals surface area contributed by atoms with Crippen molar-refractivity contribution in [2.75, 3.05) is 33.5 Å². The van der Waals surface area contributed by atoms with Gasteiger partial charge in [-0.2, -0.15) is 0 Å². The molecule has 5 heteroatoms. The molecule has 70 valence electrons. The fourth-order valence-electron chi connectivity index (χ4n) is 0.574. The summed E-state index contributed by atoms with van der Waals surface area (Å²) in [4.78, 5) is 0. The van der Waals surface area contributed by atoms with E-state index in [9.17, 15) is 0 Å². The Labute approximate surface area is 73.1 Å². The molecule has 0 aliphatic heterocycles. The van der Waals surface area contributed by atoms with Crippen LogP contribution in [0.25, 0.3) is 0 Å². The number of methoxy groups -OCH3 is 1. The molecule has 0 aliphatic carbocycles. The fourth-order valence-corrected chi connectivity index (χ4v) is 0.574. The Bertz CT molecular complexity index is 74.8. The molecule has 3 N–H and O–H groups in total. The van der Waals surface area contributed by atoms with Crippen molar-refractivity contribution in [1.82, 2.24) is 0 Å². The summed E-state index contributed by atoms with van der Waals surface area (Å²) >= 11 is 0. The molecular weight excluding hydrogens is 170 g/mol. The Hall–Kier alpha value is 0.130. The van der Waals surface area contributed by atoms with Crippen molar-refractivity contribution in [3.8, 4) is 0 Å². The molecule has 0 bridgehead atoms. The fraction of sp³-hybridized carbons (Fsp3) is 1.00. The number of aliphatic hydroxyl groups is 1. The van der Waals surface area contributed by atoms with Crippen LogP contribution in [0.2, 0.25) is 0 Å². The molecule has 0 spiro atoms. The molecule has 11 heavy (non-hydrogen) atoms. The van der Waals surface area contributed by atoms with Gasteiger partial charge in [0.2, 0.25) is 0 Å². The lowest BCUT2D eigenvalue weighted by Gasteiger charge is -2.12.